The van der Waals surface area contributed by atoms with E-state index < -0.39 is 10.0 Å². The maximum Gasteiger partial charge on any atom is 0.232 e. The van der Waals surface area contributed by atoms with Gasteiger partial charge in [0.1, 0.15) is 0 Å². The molecule has 0 aliphatic carbocycles. The average Bonchev–Trinajstić information content (AvgIpc) is 2.51. The molecule has 2 aromatic carbocycles. The van der Waals surface area contributed by atoms with E-state index in [1.54, 1.807) is 0 Å². The number of aryl methyl sites for hydroxylation is 3. The minimum atomic E-state index is -3.48. The van der Waals surface area contributed by atoms with Gasteiger partial charge < -0.3 is 5.32 Å². The van der Waals surface area contributed by atoms with Crippen LogP contribution in [0.1, 0.15) is 23.1 Å². The summed E-state index contributed by atoms with van der Waals surface area (Å²) < 4.78 is 25.8. The summed E-state index contributed by atoms with van der Waals surface area (Å²) in [4.78, 5) is 12.2. The quantitative estimate of drug-likeness (QED) is 0.858. The number of hydrogen-bond donors (Lipinski definition) is 1. The Hall–Kier alpha value is -2.34. The molecule has 0 atom stereocenters. The van der Waals surface area contributed by atoms with Crippen LogP contribution in [0, 0.1) is 20.8 Å². The lowest BCUT2D eigenvalue weighted by Gasteiger charge is -2.25. The van der Waals surface area contributed by atoms with Gasteiger partial charge in [-0.05, 0) is 44.0 Å². The highest BCUT2D eigenvalue weighted by molar-refractivity contribution is 7.92. The lowest BCUT2D eigenvalue weighted by atomic mass is 10.1. The van der Waals surface area contributed by atoms with Crippen molar-refractivity contribution in [2.75, 3.05) is 22.4 Å². The summed E-state index contributed by atoms with van der Waals surface area (Å²) in [5.41, 5.74) is 4.19. The van der Waals surface area contributed by atoms with Gasteiger partial charge in [-0.3, -0.25) is 9.10 Å². The Bertz CT molecular complexity index is 838. The highest BCUT2D eigenvalue weighted by atomic mass is 32.2. The Balaban J connectivity index is 2.13. The van der Waals surface area contributed by atoms with Crippen molar-refractivity contribution in [2.24, 2.45) is 0 Å². The number of hydrogen-bond acceptors (Lipinski definition) is 3. The number of benzene rings is 2. The smallest absolute Gasteiger partial charge is 0.232 e. The molecule has 5 nitrogen and oxygen atoms in total. The van der Waals surface area contributed by atoms with Gasteiger partial charge in [-0.1, -0.05) is 35.9 Å². The maximum atomic E-state index is 12.2. The largest absolute Gasteiger partial charge is 0.326 e. The molecule has 1 N–H and O–H groups in total. The molecule has 2 aromatic rings. The standard InChI is InChI=1S/C19H24N2O3S/c1-14-8-10-17(11-9-14)20-18(22)12-13-21(25(4,23)24)19-15(2)6-5-7-16(19)3/h5-11H,12-13H2,1-4H3,(H,20,22). The summed E-state index contributed by atoms with van der Waals surface area (Å²) in [6, 6.07) is 13.1. The normalized spacial score (nSPS) is 11.2. The second-order valence-electron chi connectivity index (χ2n) is 6.24. The number of carbonyl (C=O) groups excluding carboxylic acids is 1. The Morgan fingerprint density at radius 3 is 2.08 bits per heavy atom. The molecular formula is C19H24N2O3S. The minimum absolute atomic E-state index is 0.0781. The molecule has 2 rings (SSSR count). The highest BCUT2D eigenvalue weighted by Crippen LogP contribution is 2.27. The molecule has 0 radical (unpaired) electrons. The first-order valence-corrected chi connectivity index (χ1v) is 9.94. The fourth-order valence-electron chi connectivity index (χ4n) is 2.71. The van der Waals surface area contributed by atoms with Crippen LogP contribution in [0.3, 0.4) is 0 Å². The van der Waals surface area contributed by atoms with E-state index in [4.69, 9.17) is 0 Å². The third-order valence-electron chi connectivity index (χ3n) is 3.97. The fraction of sp³-hybridized carbons (Fsp3) is 0.316. The molecule has 6 heteroatoms. The van der Waals surface area contributed by atoms with Crippen molar-refractivity contribution in [1.29, 1.82) is 0 Å². The monoisotopic (exact) mass is 360 g/mol. The summed E-state index contributed by atoms with van der Waals surface area (Å²) in [6.45, 7) is 5.81. The van der Waals surface area contributed by atoms with E-state index in [1.165, 1.54) is 4.31 Å². The number of para-hydroxylation sites is 1. The van der Waals surface area contributed by atoms with E-state index in [9.17, 15) is 13.2 Å². The van der Waals surface area contributed by atoms with Crippen LogP contribution in [0.4, 0.5) is 11.4 Å². The molecule has 0 heterocycles. The van der Waals surface area contributed by atoms with Crippen molar-refractivity contribution in [3.05, 3.63) is 59.2 Å². The Morgan fingerprint density at radius 2 is 1.56 bits per heavy atom. The summed E-state index contributed by atoms with van der Waals surface area (Å²) in [6.07, 6.45) is 1.24. The van der Waals surface area contributed by atoms with Crippen LogP contribution >= 0.6 is 0 Å². The van der Waals surface area contributed by atoms with Crippen LogP contribution in [0.25, 0.3) is 0 Å². The van der Waals surface area contributed by atoms with E-state index in [0.29, 0.717) is 11.4 Å². The summed E-state index contributed by atoms with van der Waals surface area (Å²) in [5.74, 6) is -0.219. The molecule has 0 unspecified atom stereocenters. The highest BCUT2D eigenvalue weighted by Gasteiger charge is 2.21. The minimum Gasteiger partial charge on any atom is -0.326 e. The zero-order chi connectivity index (χ0) is 18.6. The van der Waals surface area contributed by atoms with Crippen molar-refractivity contribution in [1.82, 2.24) is 0 Å². The van der Waals surface area contributed by atoms with Crippen LogP contribution in [0.5, 0.6) is 0 Å². The number of anilines is 2. The van der Waals surface area contributed by atoms with Crippen LogP contribution in [0.15, 0.2) is 42.5 Å². The third-order valence-corrected chi connectivity index (χ3v) is 5.13. The SMILES string of the molecule is Cc1ccc(NC(=O)CCN(c2c(C)cccc2C)S(C)(=O)=O)cc1. The fourth-order valence-corrected chi connectivity index (χ4v) is 3.75. The Morgan fingerprint density at radius 1 is 1.00 bits per heavy atom. The molecular weight excluding hydrogens is 336 g/mol. The number of nitrogens with one attached hydrogen (secondary N) is 1. The van der Waals surface area contributed by atoms with E-state index in [-0.39, 0.29) is 18.9 Å². The third kappa shape index (κ3) is 5.06. The van der Waals surface area contributed by atoms with Crippen LogP contribution in [0.2, 0.25) is 0 Å². The average molecular weight is 360 g/mol. The molecule has 0 spiro atoms. The predicted octanol–water partition coefficient (Wildman–Crippen LogP) is 3.41. The lowest BCUT2D eigenvalue weighted by molar-refractivity contribution is -0.116. The van der Waals surface area contributed by atoms with Gasteiger partial charge in [-0.25, -0.2) is 8.42 Å². The first-order valence-electron chi connectivity index (χ1n) is 8.09. The molecule has 0 fully saturated rings. The molecule has 25 heavy (non-hydrogen) atoms. The summed E-state index contributed by atoms with van der Waals surface area (Å²) in [5, 5.41) is 2.80. The predicted molar refractivity (Wildman–Crippen MR) is 103 cm³/mol. The number of sulfonamides is 1. The second-order valence-corrected chi connectivity index (χ2v) is 8.15. The van der Waals surface area contributed by atoms with E-state index in [0.717, 1.165) is 22.9 Å². The van der Waals surface area contributed by atoms with Gasteiger partial charge in [0.15, 0.2) is 0 Å². The van der Waals surface area contributed by atoms with Crippen LogP contribution < -0.4 is 9.62 Å². The molecule has 0 aromatic heterocycles. The molecule has 0 saturated carbocycles. The van der Waals surface area contributed by atoms with Crippen molar-refractivity contribution < 1.29 is 13.2 Å². The number of nitrogens with zero attached hydrogens (tertiary/aromatic N) is 1. The van der Waals surface area contributed by atoms with Gasteiger partial charge in [-0.2, -0.15) is 0 Å². The first kappa shape index (κ1) is 19.0. The second kappa shape index (κ2) is 7.70. The number of amides is 1. The molecule has 0 saturated heterocycles. The molecule has 0 aliphatic rings. The van der Waals surface area contributed by atoms with E-state index in [1.807, 2.05) is 63.2 Å². The molecule has 134 valence electrons. The van der Waals surface area contributed by atoms with E-state index in [2.05, 4.69) is 5.32 Å². The summed E-state index contributed by atoms with van der Waals surface area (Å²) >= 11 is 0. The Labute approximate surface area is 149 Å². The molecule has 1 amide bonds. The van der Waals surface area contributed by atoms with Crippen molar-refractivity contribution >= 4 is 27.3 Å². The molecule has 0 bridgehead atoms. The topological polar surface area (TPSA) is 66.5 Å². The first-order chi connectivity index (χ1) is 11.7. The number of rotatable bonds is 6. The van der Waals surface area contributed by atoms with Crippen molar-refractivity contribution in [3.8, 4) is 0 Å². The zero-order valence-electron chi connectivity index (χ0n) is 15.0. The van der Waals surface area contributed by atoms with Crippen molar-refractivity contribution in [3.63, 3.8) is 0 Å². The van der Waals surface area contributed by atoms with Crippen LogP contribution in [-0.4, -0.2) is 27.1 Å². The molecule has 0 aliphatic heterocycles. The van der Waals surface area contributed by atoms with Gasteiger partial charge in [0.25, 0.3) is 0 Å². The Kier molecular flexibility index (Phi) is 5.85. The zero-order valence-corrected chi connectivity index (χ0v) is 15.9. The van der Waals surface area contributed by atoms with Gasteiger partial charge >= 0.3 is 0 Å². The van der Waals surface area contributed by atoms with E-state index >= 15 is 0 Å². The maximum absolute atomic E-state index is 12.2. The van der Waals surface area contributed by atoms with Gasteiger partial charge in [0.2, 0.25) is 15.9 Å². The van der Waals surface area contributed by atoms with Crippen molar-refractivity contribution in [2.45, 2.75) is 27.2 Å². The number of carbonyl (C=O) groups is 1. The van der Waals surface area contributed by atoms with Gasteiger partial charge in [0, 0.05) is 18.7 Å². The lowest BCUT2D eigenvalue weighted by Crippen LogP contribution is -2.34. The summed E-state index contributed by atoms with van der Waals surface area (Å²) in [7, 11) is -3.48. The van der Waals surface area contributed by atoms with Gasteiger partial charge in [-0.15, -0.1) is 0 Å². The van der Waals surface area contributed by atoms with Gasteiger partial charge in [0.05, 0.1) is 11.9 Å². The van der Waals surface area contributed by atoms with Crippen LogP contribution in [-0.2, 0) is 14.8 Å².